The number of hydrogen-bond donors (Lipinski definition) is 0. The maximum absolute atomic E-state index is 13.5. The van der Waals surface area contributed by atoms with Gasteiger partial charge >= 0.3 is 0 Å². The average Bonchev–Trinajstić information content (AvgIpc) is 3.36. The Morgan fingerprint density at radius 2 is 1.87 bits per heavy atom. The highest BCUT2D eigenvalue weighted by molar-refractivity contribution is 5.99. The van der Waals surface area contributed by atoms with Gasteiger partial charge in [0.25, 0.3) is 5.91 Å². The van der Waals surface area contributed by atoms with E-state index < -0.39 is 0 Å². The SMILES string of the molecule is Cc1ccc(OC2CC3CC2N(C(=O)c2ncccc2-c2ncccc2C)C3)nc1. The van der Waals surface area contributed by atoms with E-state index in [1.165, 1.54) is 0 Å². The molecule has 1 saturated carbocycles. The van der Waals surface area contributed by atoms with Crippen LogP contribution in [0.2, 0.25) is 0 Å². The van der Waals surface area contributed by atoms with E-state index in [0.29, 0.717) is 17.5 Å². The summed E-state index contributed by atoms with van der Waals surface area (Å²) in [4.78, 5) is 28.8. The lowest BCUT2D eigenvalue weighted by atomic mass is 10.0. The lowest BCUT2D eigenvalue weighted by Crippen LogP contribution is -2.47. The third-order valence-electron chi connectivity index (χ3n) is 6.12. The molecule has 2 bridgehead atoms. The van der Waals surface area contributed by atoms with E-state index in [9.17, 15) is 4.79 Å². The van der Waals surface area contributed by atoms with Crippen molar-refractivity contribution in [1.29, 1.82) is 0 Å². The van der Waals surface area contributed by atoms with E-state index in [0.717, 1.165) is 41.8 Å². The second kappa shape index (κ2) is 7.52. The average molecular weight is 400 g/mol. The highest BCUT2D eigenvalue weighted by Gasteiger charge is 2.49. The first-order chi connectivity index (χ1) is 14.6. The van der Waals surface area contributed by atoms with E-state index in [1.807, 2.05) is 55.1 Å². The molecule has 30 heavy (non-hydrogen) atoms. The van der Waals surface area contributed by atoms with Crippen molar-refractivity contribution in [2.75, 3.05) is 6.54 Å². The summed E-state index contributed by atoms with van der Waals surface area (Å²) in [7, 11) is 0. The quantitative estimate of drug-likeness (QED) is 0.666. The van der Waals surface area contributed by atoms with Crippen molar-refractivity contribution in [1.82, 2.24) is 19.9 Å². The van der Waals surface area contributed by atoms with E-state index >= 15 is 0 Å². The third kappa shape index (κ3) is 3.32. The number of rotatable bonds is 4. The molecule has 1 aliphatic heterocycles. The minimum absolute atomic E-state index is 0.0355. The molecule has 5 rings (SSSR count). The molecule has 2 aliphatic rings. The van der Waals surface area contributed by atoms with Gasteiger partial charge in [0.15, 0.2) is 0 Å². The first-order valence-electron chi connectivity index (χ1n) is 10.4. The van der Waals surface area contributed by atoms with Gasteiger partial charge in [0.2, 0.25) is 5.88 Å². The number of aromatic nitrogens is 3. The normalized spacial score (nSPS) is 22.3. The van der Waals surface area contributed by atoms with Crippen molar-refractivity contribution < 1.29 is 9.53 Å². The van der Waals surface area contributed by atoms with Crippen LogP contribution in [0.3, 0.4) is 0 Å². The standard InChI is InChI=1S/C24H24N4O2/c1-15-7-8-21(27-13-15)30-20-12-17-11-19(20)28(14-17)24(29)23-18(6-4-10-26-23)22-16(2)5-3-9-25-22/h3-10,13,17,19-20H,11-12,14H2,1-2H3. The third-order valence-corrected chi connectivity index (χ3v) is 6.12. The second-order valence-electron chi connectivity index (χ2n) is 8.26. The van der Waals surface area contributed by atoms with Gasteiger partial charge in [-0.25, -0.2) is 4.98 Å². The van der Waals surface area contributed by atoms with Crippen molar-refractivity contribution in [3.63, 3.8) is 0 Å². The van der Waals surface area contributed by atoms with Crippen LogP contribution in [0.1, 0.15) is 34.5 Å². The van der Waals surface area contributed by atoms with Gasteiger partial charge in [-0.3, -0.25) is 14.8 Å². The minimum atomic E-state index is -0.0479. The van der Waals surface area contributed by atoms with Crippen LogP contribution >= 0.6 is 0 Å². The molecular formula is C24H24N4O2. The Bertz CT molecular complexity index is 1080. The molecule has 0 spiro atoms. The number of piperidine rings is 1. The summed E-state index contributed by atoms with van der Waals surface area (Å²) in [6, 6.07) is 11.6. The summed E-state index contributed by atoms with van der Waals surface area (Å²) in [6.07, 6.45) is 7.12. The van der Waals surface area contributed by atoms with Crippen LogP contribution in [0.25, 0.3) is 11.3 Å². The summed E-state index contributed by atoms with van der Waals surface area (Å²) in [6.45, 7) is 4.75. The monoisotopic (exact) mass is 400 g/mol. The summed E-state index contributed by atoms with van der Waals surface area (Å²) in [5.41, 5.74) is 4.16. The molecule has 2 fully saturated rings. The molecular weight excluding hydrogens is 376 g/mol. The molecule has 3 atom stereocenters. The zero-order valence-electron chi connectivity index (χ0n) is 17.2. The predicted molar refractivity (Wildman–Crippen MR) is 113 cm³/mol. The van der Waals surface area contributed by atoms with E-state index in [2.05, 4.69) is 15.0 Å². The van der Waals surface area contributed by atoms with Crippen molar-refractivity contribution in [3.8, 4) is 17.1 Å². The predicted octanol–water partition coefficient (Wildman–Crippen LogP) is 3.84. The Morgan fingerprint density at radius 1 is 1.03 bits per heavy atom. The molecule has 1 amide bonds. The molecule has 0 aromatic carbocycles. The van der Waals surface area contributed by atoms with Crippen LogP contribution in [0.4, 0.5) is 0 Å². The zero-order valence-corrected chi connectivity index (χ0v) is 17.2. The number of carbonyl (C=O) groups is 1. The fourth-order valence-corrected chi connectivity index (χ4v) is 4.68. The highest BCUT2D eigenvalue weighted by atomic mass is 16.5. The van der Waals surface area contributed by atoms with Crippen molar-refractivity contribution in [2.45, 2.75) is 38.8 Å². The summed E-state index contributed by atoms with van der Waals surface area (Å²) < 4.78 is 6.18. The van der Waals surface area contributed by atoms with Crippen LogP contribution in [-0.4, -0.2) is 44.4 Å². The summed E-state index contributed by atoms with van der Waals surface area (Å²) in [5, 5.41) is 0. The highest BCUT2D eigenvalue weighted by Crippen LogP contribution is 2.40. The number of hydrogen-bond acceptors (Lipinski definition) is 5. The maximum atomic E-state index is 13.5. The molecule has 1 saturated heterocycles. The smallest absolute Gasteiger partial charge is 0.273 e. The number of ether oxygens (including phenoxy) is 1. The lowest BCUT2D eigenvalue weighted by molar-refractivity contribution is 0.0462. The number of amides is 1. The number of fused-ring (bicyclic) bond motifs is 2. The number of likely N-dealkylation sites (tertiary alicyclic amines) is 1. The van der Waals surface area contributed by atoms with Gasteiger partial charge in [0.1, 0.15) is 11.8 Å². The number of nitrogens with zero attached hydrogens (tertiary/aromatic N) is 4. The Kier molecular flexibility index (Phi) is 4.69. The van der Waals surface area contributed by atoms with Gasteiger partial charge in [-0.1, -0.05) is 12.1 Å². The van der Waals surface area contributed by atoms with Crippen LogP contribution in [-0.2, 0) is 0 Å². The second-order valence-corrected chi connectivity index (χ2v) is 8.26. The summed E-state index contributed by atoms with van der Waals surface area (Å²) in [5.74, 6) is 1.03. The largest absolute Gasteiger partial charge is 0.472 e. The van der Waals surface area contributed by atoms with Crippen LogP contribution in [0.5, 0.6) is 5.88 Å². The molecule has 3 aromatic rings. The van der Waals surface area contributed by atoms with Gasteiger partial charge in [-0.2, -0.15) is 0 Å². The Hall–Kier alpha value is -3.28. The van der Waals surface area contributed by atoms with Crippen molar-refractivity contribution in [3.05, 3.63) is 71.8 Å². The molecule has 3 unspecified atom stereocenters. The molecule has 1 aliphatic carbocycles. The number of carbonyl (C=O) groups excluding carboxylic acids is 1. The number of aryl methyl sites for hydroxylation is 2. The van der Waals surface area contributed by atoms with Crippen LogP contribution in [0, 0.1) is 19.8 Å². The van der Waals surface area contributed by atoms with Crippen molar-refractivity contribution >= 4 is 5.91 Å². The first-order valence-corrected chi connectivity index (χ1v) is 10.4. The Morgan fingerprint density at radius 3 is 2.63 bits per heavy atom. The Balaban J connectivity index is 1.41. The maximum Gasteiger partial charge on any atom is 0.273 e. The van der Waals surface area contributed by atoms with Gasteiger partial charge in [-0.15, -0.1) is 0 Å². The van der Waals surface area contributed by atoms with Gasteiger partial charge in [0, 0.05) is 36.8 Å². The topological polar surface area (TPSA) is 68.2 Å². The molecule has 0 radical (unpaired) electrons. The lowest BCUT2D eigenvalue weighted by Gasteiger charge is -2.33. The molecule has 6 heteroatoms. The first kappa shape index (κ1) is 18.7. The molecule has 3 aromatic heterocycles. The van der Waals surface area contributed by atoms with E-state index in [1.54, 1.807) is 18.6 Å². The molecule has 6 nitrogen and oxygen atoms in total. The Labute approximate surface area is 176 Å². The van der Waals surface area contributed by atoms with Gasteiger partial charge in [0.05, 0.1) is 11.7 Å². The molecule has 152 valence electrons. The summed E-state index contributed by atoms with van der Waals surface area (Å²) >= 11 is 0. The number of pyridine rings is 3. The van der Waals surface area contributed by atoms with Crippen LogP contribution < -0.4 is 4.74 Å². The van der Waals surface area contributed by atoms with Gasteiger partial charge in [-0.05, 0) is 61.9 Å². The van der Waals surface area contributed by atoms with E-state index in [-0.39, 0.29) is 18.1 Å². The van der Waals surface area contributed by atoms with Crippen molar-refractivity contribution in [2.24, 2.45) is 5.92 Å². The fourth-order valence-electron chi connectivity index (χ4n) is 4.68. The fraction of sp³-hybridized carbons (Fsp3) is 0.333. The molecule has 4 heterocycles. The van der Waals surface area contributed by atoms with E-state index in [4.69, 9.17) is 4.74 Å². The minimum Gasteiger partial charge on any atom is -0.472 e. The van der Waals surface area contributed by atoms with Gasteiger partial charge < -0.3 is 9.64 Å². The zero-order chi connectivity index (χ0) is 20.7. The molecule has 0 N–H and O–H groups in total. The van der Waals surface area contributed by atoms with Crippen LogP contribution in [0.15, 0.2) is 55.0 Å².